The molecule has 0 spiro atoms. The minimum absolute atomic E-state index is 0. The molecule has 0 radical (unpaired) electrons. The molecular formula is C31H30F6N2OS. The summed E-state index contributed by atoms with van der Waals surface area (Å²) < 4.78 is 80.0. The molecule has 0 aliphatic carbocycles. The second kappa shape index (κ2) is 14.0. The Balaban J connectivity index is 0.00000462. The van der Waals surface area contributed by atoms with E-state index in [-0.39, 0.29) is 42.8 Å². The average molecular weight is 593 g/mol. The summed E-state index contributed by atoms with van der Waals surface area (Å²) in [6, 6.07) is 25.9. The van der Waals surface area contributed by atoms with Crippen LogP contribution < -0.4 is 5.32 Å². The Hall–Kier alpha value is -3.34. The van der Waals surface area contributed by atoms with E-state index in [9.17, 15) is 31.4 Å². The molecule has 3 nitrogen and oxygen atoms in total. The van der Waals surface area contributed by atoms with Gasteiger partial charge in [-0.05, 0) is 55.1 Å². The third kappa shape index (κ3) is 8.58. The second-order valence-electron chi connectivity index (χ2n) is 9.43. The van der Waals surface area contributed by atoms with Gasteiger partial charge in [-0.2, -0.15) is 39.8 Å². The zero-order valence-corrected chi connectivity index (χ0v) is 22.9. The van der Waals surface area contributed by atoms with Gasteiger partial charge in [0.15, 0.2) is 5.69 Å². The van der Waals surface area contributed by atoms with E-state index in [0.717, 1.165) is 41.5 Å². The van der Waals surface area contributed by atoms with Gasteiger partial charge in [0.2, 0.25) is 0 Å². The van der Waals surface area contributed by atoms with E-state index in [4.69, 9.17) is 0 Å². The van der Waals surface area contributed by atoms with Crippen LogP contribution in [0.1, 0.15) is 59.4 Å². The molecule has 0 amide bonds. The molecule has 0 aliphatic rings. The van der Waals surface area contributed by atoms with Gasteiger partial charge in [-0.1, -0.05) is 78.9 Å². The molecule has 4 aromatic rings. The lowest BCUT2D eigenvalue weighted by Gasteiger charge is -2.20. The molecule has 3 aromatic carbocycles. The van der Waals surface area contributed by atoms with Gasteiger partial charge in [0, 0.05) is 11.1 Å². The molecule has 10 heteroatoms. The maximum atomic E-state index is 13.8. The number of nitrogens with one attached hydrogen (secondary N) is 1. The average Bonchev–Trinajstić information content (AvgIpc) is 2.94. The van der Waals surface area contributed by atoms with Crippen molar-refractivity contribution >= 4 is 13.5 Å². The van der Waals surface area contributed by atoms with Crippen molar-refractivity contribution in [2.45, 2.75) is 43.8 Å². The van der Waals surface area contributed by atoms with Crippen LogP contribution in [0.4, 0.5) is 26.3 Å². The van der Waals surface area contributed by atoms with Crippen LogP contribution in [0.5, 0.6) is 0 Å². The summed E-state index contributed by atoms with van der Waals surface area (Å²) in [6.45, 7) is 0.582. The third-order valence-corrected chi connectivity index (χ3v) is 6.58. The van der Waals surface area contributed by atoms with Crippen LogP contribution >= 0.6 is 13.5 Å². The lowest BCUT2D eigenvalue weighted by molar-refractivity contribution is -0.142. The van der Waals surface area contributed by atoms with E-state index in [1.807, 2.05) is 60.7 Å². The largest absolute Gasteiger partial charge is 0.433 e. The van der Waals surface area contributed by atoms with Gasteiger partial charge >= 0.3 is 12.4 Å². The summed E-state index contributed by atoms with van der Waals surface area (Å²) in [7, 11) is 0. The summed E-state index contributed by atoms with van der Waals surface area (Å²) >= 11 is 0. The number of hydrogen-bond acceptors (Lipinski definition) is 3. The normalized spacial score (nSPS) is 12.7. The molecule has 0 fully saturated rings. The van der Waals surface area contributed by atoms with Crippen LogP contribution in [0.25, 0.3) is 11.3 Å². The Kier molecular flexibility index (Phi) is 11.0. The van der Waals surface area contributed by atoms with Crippen LogP contribution in [-0.4, -0.2) is 16.6 Å². The Labute approximate surface area is 241 Å². The van der Waals surface area contributed by atoms with Gasteiger partial charge in [-0.3, -0.25) is 0 Å². The van der Waals surface area contributed by atoms with Crippen molar-refractivity contribution in [2.24, 2.45) is 0 Å². The number of rotatable bonds is 10. The fourth-order valence-corrected chi connectivity index (χ4v) is 4.54. The maximum Gasteiger partial charge on any atom is 0.433 e. The quantitative estimate of drug-likeness (QED) is 0.143. The monoisotopic (exact) mass is 592 g/mol. The number of aliphatic hydroxyl groups is 1. The van der Waals surface area contributed by atoms with Crippen molar-refractivity contribution < 1.29 is 31.4 Å². The summed E-state index contributed by atoms with van der Waals surface area (Å²) in [6.07, 6.45) is -9.64. The third-order valence-electron chi connectivity index (χ3n) is 6.58. The van der Waals surface area contributed by atoms with Gasteiger partial charge in [0.05, 0.1) is 23.4 Å². The highest BCUT2D eigenvalue weighted by Crippen LogP contribution is 2.37. The number of nitrogens with zero attached hydrogens (tertiary/aromatic N) is 1. The van der Waals surface area contributed by atoms with Gasteiger partial charge in [0.25, 0.3) is 0 Å². The summed E-state index contributed by atoms with van der Waals surface area (Å²) in [5.74, 6) is 0. The molecule has 0 saturated heterocycles. The predicted octanol–water partition coefficient (Wildman–Crippen LogP) is 8.48. The van der Waals surface area contributed by atoms with E-state index in [0.29, 0.717) is 19.4 Å². The first-order valence-electron chi connectivity index (χ1n) is 12.8. The van der Waals surface area contributed by atoms with Gasteiger partial charge < -0.3 is 10.4 Å². The van der Waals surface area contributed by atoms with E-state index in [1.165, 1.54) is 6.07 Å². The minimum Gasteiger partial charge on any atom is -0.388 e. The van der Waals surface area contributed by atoms with Crippen molar-refractivity contribution in [2.75, 3.05) is 6.54 Å². The van der Waals surface area contributed by atoms with Crippen LogP contribution in [0.15, 0.2) is 97.1 Å². The summed E-state index contributed by atoms with van der Waals surface area (Å²) in [5.41, 5.74) is -0.365. The lowest BCUT2D eigenvalue weighted by atomic mass is 9.98. The number of hydrogen-bond donors (Lipinski definition) is 2. The van der Waals surface area contributed by atoms with Gasteiger partial charge in [-0.25, -0.2) is 4.98 Å². The smallest absolute Gasteiger partial charge is 0.388 e. The van der Waals surface area contributed by atoms with Crippen molar-refractivity contribution in [3.05, 3.63) is 125 Å². The summed E-state index contributed by atoms with van der Waals surface area (Å²) in [5, 5.41) is 14.1. The number of halogens is 6. The van der Waals surface area contributed by atoms with Crippen LogP contribution in [0, 0.1) is 0 Å². The number of alkyl halides is 6. The highest BCUT2D eigenvalue weighted by Gasteiger charge is 2.37. The van der Waals surface area contributed by atoms with Crippen LogP contribution in [0.2, 0.25) is 0 Å². The number of unbranched alkanes of at least 4 members (excludes halogenated alkanes) is 1. The first-order valence-corrected chi connectivity index (χ1v) is 12.8. The molecule has 218 valence electrons. The van der Waals surface area contributed by atoms with Gasteiger partial charge in [0.1, 0.15) is 0 Å². The maximum absolute atomic E-state index is 13.8. The molecule has 1 heterocycles. The molecule has 0 unspecified atom stereocenters. The van der Waals surface area contributed by atoms with Gasteiger partial charge in [-0.15, -0.1) is 0 Å². The molecule has 1 atom stereocenters. The highest BCUT2D eigenvalue weighted by molar-refractivity contribution is 7.59. The summed E-state index contributed by atoms with van der Waals surface area (Å²) in [4.78, 5) is 3.68. The van der Waals surface area contributed by atoms with Crippen LogP contribution in [0.3, 0.4) is 0 Å². The Bertz CT molecular complexity index is 1320. The topological polar surface area (TPSA) is 45.1 Å². The second-order valence-corrected chi connectivity index (χ2v) is 9.43. The predicted molar refractivity (Wildman–Crippen MR) is 152 cm³/mol. The molecule has 0 saturated carbocycles. The number of aliphatic hydroxyl groups excluding tert-OH is 1. The minimum atomic E-state index is -4.85. The van der Waals surface area contributed by atoms with Crippen molar-refractivity contribution in [1.82, 2.24) is 10.3 Å². The molecule has 41 heavy (non-hydrogen) atoms. The molecule has 1 aromatic heterocycles. The SMILES string of the molecule is O[C@H](CCCCNC(c1ccccc1)c1ccccc1)c1ccc(-c2ccc(C(F)(F)F)cc2)nc1C(F)(F)F.S. The van der Waals surface area contributed by atoms with Crippen LogP contribution in [-0.2, 0) is 12.4 Å². The Morgan fingerprint density at radius 1 is 0.683 bits per heavy atom. The van der Waals surface area contributed by atoms with E-state index < -0.39 is 29.7 Å². The Morgan fingerprint density at radius 2 is 1.24 bits per heavy atom. The molecular weight excluding hydrogens is 562 g/mol. The molecule has 4 rings (SSSR count). The molecule has 2 N–H and O–H groups in total. The fourth-order valence-electron chi connectivity index (χ4n) is 4.54. The fraction of sp³-hybridized carbons (Fsp3) is 0.258. The zero-order valence-electron chi connectivity index (χ0n) is 21.9. The molecule has 0 aliphatic heterocycles. The zero-order chi connectivity index (χ0) is 28.8. The van der Waals surface area contributed by atoms with E-state index >= 15 is 0 Å². The van der Waals surface area contributed by atoms with Crippen molar-refractivity contribution in [1.29, 1.82) is 0 Å². The first-order chi connectivity index (χ1) is 19.0. The highest BCUT2D eigenvalue weighted by atomic mass is 32.1. The standard InChI is InChI=1S/C31H28F6N2O.H2S/c32-30(33,34)24-16-14-21(15-17-24)26-19-18-25(29(39-26)31(35,36)37)27(40)13-7-8-20-38-28(22-9-3-1-4-10-22)23-11-5-2-6-12-23;/h1-6,9-12,14-19,27-28,38,40H,7-8,13,20H2;1H2/t27-;/m1./s1. The van der Waals surface area contributed by atoms with Crippen molar-refractivity contribution in [3.8, 4) is 11.3 Å². The molecule has 0 bridgehead atoms. The van der Waals surface area contributed by atoms with E-state index in [1.54, 1.807) is 0 Å². The lowest BCUT2D eigenvalue weighted by Crippen LogP contribution is -2.23. The number of benzene rings is 3. The first kappa shape index (κ1) is 32.2. The number of pyridine rings is 1. The van der Waals surface area contributed by atoms with Crippen molar-refractivity contribution in [3.63, 3.8) is 0 Å². The number of aromatic nitrogens is 1. The Morgan fingerprint density at radius 3 is 1.76 bits per heavy atom. The van der Waals surface area contributed by atoms with E-state index in [2.05, 4.69) is 10.3 Å².